The number of nitrogens with zero attached hydrogens (tertiary/aromatic N) is 5. The quantitative estimate of drug-likeness (QED) is 0.845. The molecule has 1 aromatic heterocycles. The molecule has 6 nitrogen and oxygen atoms in total. The Labute approximate surface area is 144 Å². The lowest BCUT2D eigenvalue weighted by molar-refractivity contribution is 0.0676. The van der Waals surface area contributed by atoms with Crippen LogP contribution in [-0.4, -0.2) is 71.5 Å². The first kappa shape index (κ1) is 17.1. The summed E-state index contributed by atoms with van der Waals surface area (Å²) in [5.41, 5.74) is 0.546. The van der Waals surface area contributed by atoms with Crippen LogP contribution >= 0.6 is 0 Å². The minimum Gasteiger partial charge on any atom is -0.354 e. The van der Waals surface area contributed by atoms with Crippen LogP contribution in [0.4, 0.5) is 5.82 Å². The zero-order valence-electron chi connectivity index (χ0n) is 15.2. The second kappa shape index (κ2) is 7.47. The number of hydrogen-bond donors (Lipinski definition) is 0. The van der Waals surface area contributed by atoms with Crippen LogP contribution in [0.2, 0.25) is 0 Å². The SMILES string of the molecule is CCN1CCN(c2cc(C(=O)N3CCCC(C)C3)nc(C)n2)CC1. The highest BCUT2D eigenvalue weighted by Crippen LogP contribution is 2.20. The van der Waals surface area contributed by atoms with Crippen molar-refractivity contribution in [1.82, 2.24) is 19.8 Å². The molecule has 0 spiro atoms. The number of anilines is 1. The zero-order chi connectivity index (χ0) is 17.1. The predicted octanol–water partition coefficient (Wildman–Crippen LogP) is 1.80. The van der Waals surface area contributed by atoms with Gasteiger partial charge in [-0.1, -0.05) is 13.8 Å². The molecule has 1 unspecified atom stereocenters. The van der Waals surface area contributed by atoms with Gasteiger partial charge in [0, 0.05) is 45.3 Å². The summed E-state index contributed by atoms with van der Waals surface area (Å²) >= 11 is 0. The molecule has 24 heavy (non-hydrogen) atoms. The number of aromatic nitrogens is 2. The van der Waals surface area contributed by atoms with E-state index >= 15 is 0 Å². The Morgan fingerprint density at radius 3 is 2.62 bits per heavy atom. The van der Waals surface area contributed by atoms with Gasteiger partial charge in [-0.25, -0.2) is 9.97 Å². The molecule has 2 aliphatic rings. The van der Waals surface area contributed by atoms with Gasteiger partial charge in [0.05, 0.1) is 0 Å². The largest absolute Gasteiger partial charge is 0.354 e. The molecule has 3 rings (SSSR count). The predicted molar refractivity (Wildman–Crippen MR) is 95.4 cm³/mol. The summed E-state index contributed by atoms with van der Waals surface area (Å²) in [6.07, 6.45) is 2.29. The number of likely N-dealkylation sites (N-methyl/N-ethyl adjacent to an activating group) is 1. The second-order valence-corrected chi connectivity index (χ2v) is 7.08. The third kappa shape index (κ3) is 3.86. The van der Waals surface area contributed by atoms with E-state index in [1.165, 1.54) is 6.42 Å². The van der Waals surface area contributed by atoms with E-state index in [1.807, 2.05) is 17.9 Å². The third-order valence-corrected chi connectivity index (χ3v) is 5.13. The van der Waals surface area contributed by atoms with E-state index in [-0.39, 0.29) is 5.91 Å². The highest BCUT2D eigenvalue weighted by Gasteiger charge is 2.25. The molecule has 2 saturated heterocycles. The fourth-order valence-electron chi connectivity index (χ4n) is 3.65. The van der Waals surface area contributed by atoms with Crippen molar-refractivity contribution in [2.75, 3.05) is 50.7 Å². The van der Waals surface area contributed by atoms with Gasteiger partial charge in [0.2, 0.25) is 0 Å². The van der Waals surface area contributed by atoms with E-state index in [1.54, 1.807) is 0 Å². The second-order valence-electron chi connectivity index (χ2n) is 7.08. The summed E-state index contributed by atoms with van der Waals surface area (Å²) in [6, 6.07) is 1.89. The highest BCUT2D eigenvalue weighted by atomic mass is 16.2. The van der Waals surface area contributed by atoms with Crippen LogP contribution in [-0.2, 0) is 0 Å². The molecule has 2 aliphatic heterocycles. The van der Waals surface area contributed by atoms with Gasteiger partial charge < -0.3 is 14.7 Å². The number of amides is 1. The van der Waals surface area contributed by atoms with Gasteiger partial charge in [-0.15, -0.1) is 0 Å². The van der Waals surface area contributed by atoms with E-state index in [9.17, 15) is 4.79 Å². The Morgan fingerprint density at radius 2 is 1.96 bits per heavy atom. The number of rotatable bonds is 3. The van der Waals surface area contributed by atoms with Crippen molar-refractivity contribution in [3.8, 4) is 0 Å². The average molecular weight is 331 g/mol. The fraction of sp³-hybridized carbons (Fsp3) is 0.722. The monoisotopic (exact) mass is 331 g/mol. The first-order valence-electron chi connectivity index (χ1n) is 9.19. The van der Waals surface area contributed by atoms with Crippen LogP contribution in [0.5, 0.6) is 0 Å². The molecule has 6 heteroatoms. The van der Waals surface area contributed by atoms with Crippen LogP contribution in [0.25, 0.3) is 0 Å². The van der Waals surface area contributed by atoms with Crippen LogP contribution in [0.3, 0.4) is 0 Å². The summed E-state index contributed by atoms with van der Waals surface area (Å²) < 4.78 is 0. The molecule has 1 aromatic rings. The standard InChI is InChI=1S/C18H29N5O/c1-4-21-8-10-22(11-9-21)17-12-16(19-15(3)20-17)18(24)23-7-5-6-14(2)13-23/h12,14H,4-11,13H2,1-3H3. The summed E-state index contributed by atoms with van der Waals surface area (Å²) in [5, 5.41) is 0. The smallest absolute Gasteiger partial charge is 0.272 e. The Bertz CT molecular complexity index is 583. The maximum Gasteiger partial charge on any atom is 0.272 e. The summed E-state index contributed by atoms with van der Waals surface area (Å²) in [6.45, 7) is 13.1. The first-order valence-corrected chi connectivity index (χ1v) is 9.19. The topological polar surface area (TPSA) is 52.6 Å². The summed E-state index contributed by atoms with van der Waals surface area (Å²) in [7, 11) is 0. The van der Waals surface area contributed by atoms with Crippen LogP contribution in [0, 0.1) is 12.8 Å². The van der Waals surface area contributed by atoms with Crippen molar-refractivity contribution in [3.05, 3.63) is 17.6 Å². The lowest BCUT2D eigenvalue weighted by Crippen LogP contribution is -2.46. The molecule has 1 amide bonds. The van der Waals surface area contributed by atoms with Crippen molar-refractivity contribution in [3.63, 3.8) is 0 Å². The third-order valence-electron chi connectivity index (χ3n) is 5.13. The molecule has 1 atom stereocenters. The maximum atomic E-state index is 12.8. The molecule has 0 bridgehead atoms. The number of likely N-dealkylation sites (tertiary alicyclic amines) is 1. The molecule has 132 valence electrons. The van der Waals surface area contributed by atoms with Gasteiger partial charge in [0.25, 0.3) is 5.91 Å². The molecule has 0 aliphatic carbocycles. The number of carbonyl (C=O) groups excluding carboxylic acids is 1. The Hall–Kier alpha value is -1.69. The number of piperidine rings is 1. The van der Waals surface area contributed by atoms with E-state index < -0.39 is 0 Å². The van der Waals surface area contributed by atoms with Gasteiger partial charge in [-0.2, -0.15) is 0 Å². The number of piperazine rings is 1. The average Bonchev–Trinajstić information content (AvgIpc) is 2.60. The number of carbonyl (C=O) groups is 1. The highest BCUT2D eigenvalue weighted by molar-refractivity contribution is 5.93. The van der Waals surface area contributed by atoms with Gasteiger partial charge in [-0.3, -0.25) is 4.79 Å². The van der Waals surface area contributed by atoms with E-state index in [2.05, 4.69) is 33.6 Å². The summed E-state index contributed by atoms with van der Waals surface area (Å²) in [4.78, 5) is 28.5. The van der Waals surface area contributed by atoms with Gasteiger partial charge >= 0.3 is 0 Å². The molecular weight excluding hydrogens is 302 g/mol. The van der Waals surface area contributed by atoms with Crippen molar-refractivity contribution < 1.29 is 4.79 Å². The van der Waals surface area contributed by atoms with Crippen LogP contribution in [0.1, 0.15) is 43.0 Å². The summed E-state index contributed by atoms with van der Waals surface area (Å²) in [5.74, 6) is 2.21. The molecular formula is C18H29N5O. The van der Waals surface area contributed by atoms with E-state index in [0.29, 0.717) is 17.4 Å². The van der Waals surface area contributed by atoms with Crippen molar-refractivity contribution in [2.24, 2.45) is 5.92 Å². The maximum absolute atomic E-state index is 12.8. The normalized spacial score (nSPS) is 22.7. The number of aryl methyl sites for hydroxylation is 1. The molecule has 3 heterocycles. The Balaban J connectivity index is 1.75. The minimum atomic E-state index is 0.0560. The molecule has 0 saturated carbocycles. The lowest BCUT2D eigenvalue weighted by Gasteiger charge is -2.35. The zero-order valence-corrected chi connectivity index (χ0v) is 15.2. The first-order chi connectivity index (χ1) is 11.6. The van der Waals surface area contributed by atoms with Crippen molar-refractivity contribution in [1.29, 1.82) is 0 Å². The Kier molecular flexibility index (Phi) is 5.33. The van der Waals surface area contributed by atoms with Crippen LogP contribution in [0.15, 0.2) is 6.07 Å². The van der Waals surface area contributed by atoms with E-state index in [4.69, 9.17) is 0 Å². The molecule has 0 aromatic carbocycles. The van der Waals surface area contributed by atoms with Crippen molar-refractivity contribution >= 4 is 11.7 Å². The van der Waals surface area contributed by atoms with Gasteiger partial charge in [0.15, 0.2) is 0 Å². The minimum absolute atomic E-state index is 0.0560. The van der Waals surface area contributed by atoms with E-state index in [0.717, 1.165) is 58.1 Å². The van der Waals surface area contributed by atoms with Crippen LogP contribution < -0.4 is 4.90 Å². The molecule has 0 N–H and O–H groups in total. The number of hydrogen-bond acceptors (Lipinski definition) is 5. The van der Waals surface area contributed by atoms with Gasteiger partial charge in [0.1, 0.15) is 17.3 Å². The molecule has 0 radical (unpaired) electrons. The fourth-order valence-corrected chi connectivity index (χ4v) is 3.65. The Morgan fingerprint density at radius 1 is 1.21 bits per heavy atom. The molecule has 2 fully saturated rings. The van der Waals surface area contributed by atoms with Gasteiger partial charge in [-0.05, 0) is 32.2 Å². The van der Waals surface area contributed by atoms with Crippen molar-refractivity contribution in [2.45, 2.75) is 33.6 Å². The lowest BCUT2D eigenvalue weighted by atomic mass is 10.00.